The Morgan fingerprint density at radius 3 is 2.52 bits per heavy atom. The predicted octanol–water partition coefficient (Wildman–Crippen LogP) is 2.00. The fraction of sp³-hybridized carbons (Fsp3) is 0.409. The molecule has 1 heterocycles. The van der Waals surface area contributed by atoms with E-state index in [1.165, 1.54) is 21.0 Å². The molecular weight excluding hydrogens is 354 g/mol. The highest BCUT2D eigenvalue weighted by Gasteiger charge is 2.22. The number of nitrogens with one attached hydrogen (secondary N) is 2. The van der Waals surface area contributed by atoms with E-state index in [1.54, 1.807) is 0 Å². The molecule has 2 aromatic rings. The standard InChI is InChI=1S/C22H29N3OS/c1-19-8-5-6-11-21(19)25-15-13-24(14-16-25)18-22(26)23-12-7-17-27-20-9-3-2-4-10-20/h2-6,8-11H,7,12-18H2,1H3,(H,23,26)/p+1. The zero-order valence-corrected chi connectivity index (χ0v) is 16.9. The molecule has 0 saturated carbocycles. The normalized spacial score (nSPS) is 14.9. The van der Waals surface area contributed by atoms with Gasteiger partial charge in [-0.2, -0.15) is 0 Å². The van der Waals surface area contributed by atoms with Gasteiger partial charge >= 0.3 is 0 Å². The summed E-state index contributed by atoms with van der Waals surface area (Å²) in [4.78, 5) is 17.3. The third-order valence-corrected chi connectivity index (χ3v) is 6.09. The summed E-state index contributed by atoms with van der Waals surface area (Å²) in [6.07, 6.45) is 1.00. The Kier molecular flexibility index (Phi) is 7.60. The molecule has 1 amide bonds. The molecule has 0 radical (unpaired) electrons. The van der Waals surface area contributed by atoms with Crippen LogP contribution in [0.15, 0.2) is 59.5 Å². The first kappa shape index (κ1) is 19.8. The van der Waals surface area contributed by atoms with Gasteiger partial charge in [0.15, 0.2) is 6.54 Å². The molecule has 4 nitrogen and oxygen atoms in total. The van der Waals surface area contributed by atoms with Gasteiger partial charge in [0.1, 0.15) is 0 Å². The molecule has 0 bridgehead atoms. The predicted molar refractivity (Wildman–Crippen MR) is 114 cm³/mol. The van der Waals surface area contributed by atoms with Gasteiger partial charge in [-0.05, 0) is 42.9 Å². The van der Waals surface area contributed by atoms with Crippen molar-refractivity contribution < 1.29 is 9.69 Å². The lowest BCUT2D eigenvalue weighted by molar-refractivity contribution is -0.892. The van der Waals surface area contributed by atoms with Crippen LogP contribution in [-0.4, -0.2) is 50.9 Å². The van der Waals surface area contributed by atoms with E-state index in [0.717, 1.165) is 44.9 Å². The number of para-hydroxylation sites is 1. The molecule has 144 valence electrons. The summed E-state index contributed by atoms with van der Waals surface area (Å²) in [5.74, 6) is 1.21. The van der Waals surface area contributed by atoms with Crippen molar-refractivity contribution in [1.82, 2.24) is 5.32 Å². The number of nitrogens with zero attached hydrogens (tertiary/aromatic N) is 1. The molecule has 5 heteroatoms. The van der Waals surface area contributed by atoms with E-state index < -0.39 is 0 Å². The maximum absolute atomic E-state index is 12.2. The number of aryl methyl sites for hydroxylation is 1. The van der Waals surface area contributed by atoms with E-state index in [0.29, 0.717) is 6.54 Å². The highest BCUT2D eigenvalue weighted by molar-refractivity contribution is 7.99. The molecule has 1 fully saturated rings. The maximum Gasteiger partial charge on any atom is 0.275 e. The second-order valence-corrected chi connectivity index (χ2v) is 8.23. The van der Waals surface area contributed by atoms with Crippen molar-refractivity contribution in [1.29, 1.82) is 0 Å². The second-order valence-electron chi connectivity index (χ2n) is 7.07. The summed E-state index contributed by atoms with van der Waals surface area (Å²) in [5, 5.41) is 3.08. The number of rotatable bonds is 8. The van der Waals surface area contributed by atoms with E-state index in [-0.39, 0.29) is 5.91 Å². The number of benzene rings is 2. The summed E-state index contributed by atoms with van der Waals surface area (Å²) in [7, 11) is 0. The Labute approximate surface area is 166 Å². The molecule has 0 aromatic heterocycles. The van der Waals surface area contributed by atoms with Gasteiger partial charge in [0.05, 0.1) is 26.2 Å². The minimum atomic E-state index is 0.180. The third-order valence-electron chi connectivity index (χ3n) is 4.99. The van der Waals surface area contributed by atoms with E-state index >= 15 is 0 Å². The maximum atomic E-state index is 12.2. The number of carbonyl (C=O) groups excluding carboxylic acids is 1. The van der Waals surface area contributed by atoms with Crippen LogP contribution in [0.5, 0.6) is 0 Å². The van der Waals surface area contributed by atoms with Crippen LogP contribution in [0.3, 0.4) is 0 Å². The molecule has 1 aliphatic heterocycles. The zero-order valence-electron chi connectivity index (χ0n) is 16.1. The molecule has 0 atom stereocenters. The third kappa shape index (κ3) is 6.29. The van der Waals surface area contributed by atoms with Crippen molar-refractivity contribution >= 4 is 23.4 Å². The van der Waals surface area contributed by atoms with Crippen molar-refractivity contribution in [2.24, 2.45) is 0 Å². The van der Waals surface area contributed by atoms with Gasteiger partial charge in [0.25, 0.3) is 5.91 Å². The molecule has 0 spiro atoms. The number of hydrogen-bond donors (Lipinski definition) is 2. The van der Waals surface area contributed by atoms with Crippen LogP contribution in [0.4, 0.5) is 5.69 Å². The van der Waals surface area contributed by atoms with Gasteiger partial charge in [-0.1, -0.05) is 36.4 Å². The summed E-state index contributed by atoms with van der Waals surface area (Å²) in [6.45, 7) is 7.59. The summed E-state index contributed by atoms with van der Waals surface area (Å²) in [5.41, 5.74) is 2.66. The second kappa shape index (κ2) is 10.4. The van der Waals surface area contributed by atoms with Gasteiger partial charge in [0, 0.05) is 17.1 Å². The van der Waals surface area contributed by atoms with Crippen LogP contribution in [0.2, 0.25) is 0 Å². The summed E-state index contributed by atoms with van der Waals surface area (Å²) in [6, 6.07) is 19.0. The molecular formula is C22H30N3OS+. The van der Waals surface area contributed by atoms with Crippen molar-refractivity contribution in [3.63, 3.8) is 0 Å². The first-order chi connectivity index (χ1) is 13.2. The number of anilines is 1. The summed E-state index contributed by atoms with van der Waals surface area (Å²) >= 11 is 1.84. The lowest BCUT2D eigenvalue weighted by atomic mass is 10.1. The van der Waals surface area contributed by atoms with Crippen molar-refractivity contribution in [3.8, 4) is 0 Å². The molecule has 0 aliphatic carbocycles. The van der Waals surface area contributed by atoms with Crippen LogP contribution in [0, 0.1) is 6.92 Å². The molecule has 1 aliphatic rings. The van der Waals surface area contributed by atoms with Crippen molar-refractivity contribution in [3.05, 3.63) is 60.2 Å². The monoisotopic (exact) mass is 384 g/mol. The topological polar surface area (TPSA) is 36.8 Å². The minimum absolute atomic E-state index is 0.180. The van der Waals surface area contributed by atoms with Crippen LogP contribution < -0.4 is 15.1 Å². The van der Waals surface area contributed by atoms with Gasteiger partial charge in [0.2, 0.25) is 0 Å². The average Bonchev–Trinajstić information content (AvgIpc) is 2.70. The molecule has 2 aromatic carbocycles. The van der Waals surface area contributed by atoms with E-state index in [1.807, 2.05) is 17.8 Å². The quantitative estimate of drug-likeness (QED) is 0.540. The highest BCUT2D eigenvalue weighted by Crippen LogP contribution is 2.19. The molecule has 0 unspecified atom stereocenters. The Bertz CT molecular complexity index is 715. The average molecular weight is 385 g/mol. The zero-order chi connectivity index (χ0) is 18.9. The molecule has 27 heavy (non-hydrogen) atoms. The van der Waals surface area contributed by atoms with Crippen LogP contribution in [0.25, 0.3) is 0 Å². The van der Waals surface area contributed by atoms with Crippen LogP contribution in [0.1, 0.15) is 12.0 Å². The minimum Gasteiger partial charge on any atom is -0.360 e. The lowest BCUT2D eigenvalue weighted by Crippen LogP contribution is -3.16. The SMILES string of the molecule is Cc1ccccc1N1CC[NH+](CC(=O)NCCCSc2ccccc2)CC1. The fourth-order valence-electron chi connectivity index (χ4n) is 3.46. The first-order valence-electron chi connectivity index (χ1n) is 9.81. The Morgan fingerprint density at radius 1 is 1.07 bits per heavy atom. The lowest BCUT2D eigenvalue weighted by Gasteiger charge is -2.34. The molecule has 3 rings (SSSR count). The smallest absolute Gasteiger partial charge is 0.275 e. The Balaban J connectivity index is 1.30. The Hall–Kier alpha value is -1.98. The largest absolute Gasteiger partial charge is 0.360 e. The highest BCUT2D eigenvalue weighted by atomic mass is 32.2. The van der Waals surface area contributed by atoms with Crippen molar-refractivity contribution in [2.75, 3.05) is 49.9 Å². The van der Waals surface area contributed by atoms with Gasteiger partial charge < -0.3 is 15.1 Å². The van der Waals surface area contributed by atoms with E-state index in [2.05, 4.69) is 65.7 Å². The summed E-state index contributed by atoms with van der Waals surface area (Å²) < 4.78 is 0. The number of amides is 1. The number of carbonyl (C=O) groups is 1. The molecule has 2 N–H and O–H groups in total. The Morgan fingerprint density at radius 2 is 1.78 bits per heavy atom. The number of piperazine rings is 1. The molecule has 1 saturated heterocycles. The van der Waals surface area contributed by atoms with Crippen LogP contribution in [-0.2, 0) is 4.79 Å². The van der Waals surface area contributed by atoms with E-state index in [9.17, 15) is 4.79 Å². The van der Waals surface area contributed by atoms with Gasteiger partial charge in [-0.3, -0.25) is 4.79 Å². The van der Waals surface area contributed by atoms with Gasteiger partial charge in [-0.15, -0.1) is 11.8 Å². The van der Waals surface area contributed by atoms with Crippen LogP contribution >= 0.6 is 11.8 Å². The number of hydrogen-bond acceptors (Lipinski definition) is 3. The number of thioether (sulfide) groups is 1. The number of quaternary nitrogens is 1. The fourth-order valence-corrected chi connectivity index (χ4v) is 4.33. The van der Waals surface area contributed by atoms with E-state index in [4.69, 9.17) is 0 Å². The first-order valence-corrected chi connectivity index (χ1v) is 10.8. The van der Waals surface area contributed by atoms with Crippen molar-refractivity contribution in [2.45, 2.75) is 18.2 Å². The van der Waals surface area contributed by atoms with Gasteiger partial charge in [-0.25, -0.2) is 0 Å².